The van der Waals surface area contributed by atoms with Gasteiger partial charge in [-0.05, 0) is 50.7 Å². The highest BCUT2D eigenvalue weighted by Gasteiger charge is 2.21. The maximum Gasteiger partial charge on any atom is 0.227 e. The molecule has 0 unspecified atom stereocenters. The van der Waals surface area contributed by atoms with Gasteiger partial charge in [-0.3, -0.25) is 4.79 Å². The molecule has 102 valence electrons. The number of thiocarbonyl (C=S) groups is 1. The van der Waals surface area contributed by atoms with Crippen molar-refractivity contribution in [2.24, 2.45) is 0 Å². The molecule has 1 aliphatic heterocycles. The summed E-state index contributed by atoms with van der Waals surface area (Å²) >= 11 is 5.21. The summed E-state index contributed by atoms with van der Waals surface area (Å²) in [4.78, 5) is 13.5. The highest BCUT2D eigenvalue weighted by Crippen LogP contribution is 2.24. The Hall–Kier alpha value is -1.62. The molecule has 0 radical (unpaired) electrons. The first-order valence-corrected chi connectivity index (χ1v) is 6.95. The summed E-state index contributed by atoms with van der Waals surface area (Å²) in [7, 11) is 0. The molecule has 1 amide bonds. The summed E-state index contributed by atoms with van der Waals surface area (Å²) < 4.78 is 0. The Morgan fingerprint density at radius 2 is 2.21 bits per heavy atom. The van der Waals surface area contributed by atoms with Gasteiger partial charge < -0.3 is 15.5 Å². The lowest BCUT2D eigenvalue weighted by molar-refractivity contribution is -0.117. The van der Waals surface area contributed by atoms with Crippen LogP contribution in [0.4, 0.5) is 11.4 Å². The van der Waals surface area contributed by atoms with Crippen molar-refractivity contribution < 1.29 is 4.79 Å². The lowest BCUT2D eigenvalue weighted by Gasteiger charge is -2.18. The molecule has 1 aromatic carbocycles. The molecule has 0 atom stereocenters. The van der Waals surface area contributed by atoms with Crippen molar-refractivity contribution in [2.75, 3.05) is 16.8 Å². The predicted molar refractivity (Wildman–Crippen MR) is 82.5 cm³/mol. The topological polar surface area (TPSA) is 44.4 Å². The summed E-state index contributed by atoms with van der Waals surface area (Å²) in [6, 6.07) is 8.08. The number of amides is 1. The first kappa shape index (κ1) is 13.8. The van der Waals surface area contributed by atoms with Gasteiger partial charge in [0.15, 0.2) is 5.11 Å². The zero-order valence-corrected chi connectivity index (χ0v) is 12.1. The van der Waals surface area contributed by atoms with Crippen LogP contribution in [0.3, 0.4) is 0 Å². The molecule has 1 heterocycles. The maximum absolute atomic E-state index is 11.7. The van der Waals surface area contributed by atoms with Gasteiger partial charge in [-0.1, -0.05) is 6.07 Å². The standard InChI is InChI=1S/C14H19N3OS/c1-10(2)15-14(19)16-11-5-3-6-12(9-11)17-8-4-7-13(17)18/h3,5-6,9-10H,4,7-8H2,1-2H3,(H2,15,16,19). The molecule has 0 spiro atoms. The molecule has 0 bridgehead atoms. The number of nitrogens with one attached hydrogen (secondary N) is 2. The summed E-state index contributed by atoms with van der Waals surface area (Å²) in [6.07, 6.45) is 1.58. The Morgan fingerprint density at radius 3 is 2.84 bits per heavy atom. The number of hydrogen-bond donors (Lipinski definition) is 2. The Balaban J connectivity index is 2.07. The van der Waals surface area contributed by atoms with Crippen molar-refractivity contribution in [1.82, 2.24) is 5.32 Å². The zero-order chi connectivity index (χ0) is 13.8. The average molecular weight is 277 g/mol. The summed E-state index contributed by atoms with van der Waals surface area (Å²) in [5.74, 6) is 0.194. The zero-order valence-electron chi connectivity index (χ0n) is 11.3. The number of carbonyl (C=O) groups excluding carboxylic acids is 1. The molecule has 2 N–H and O–H groups in total. The Bertz CT molecular complexity index is 487. The smallest absolute Gasteiger partial charge is 0.227 e. The monoisotopic (exact) mass is 277 g/mol. The van der Waals surface area contributed by atoms with E-state index in [2.05, 4.69) is 10.6 Å². The van der Waals surface area contributed by atoms with Crippen molar-refractivity contribution in [3.8, 4) is 0 Å². The highest BCUT2D eigenvalue weighted by molar-refractivity contribution is 7.80. The van der Waals surface area contributed by atoms with Crippen molar-refractivity contribution in [3.63, 3.8) is 0 Å². The molecule has 1 aliphatic rings. The van der Waals surface area contributed by atoms with E-state index < -0.39 is 0 Å². The lowest BCUT2D eigenvalue weighted by Crippen LogP contribution is -2.34. The Morgan fingerprint density at radius 1 is 1.42 bits per heavy atom. The van der Waals surface area contributed by atoms with E-state index in [1.165, 1.54) is 0 Å². The van der Waals surface area contributed by atoms with E-state index in [4.69, 9.17) is 12.2 Å². The second-order valence-corrected chi connectivity index (χ2v) is 5.36. The summed E-state index contributed by atoms with van der Waals surface area (Å²) in [5, 5.41) is 6.86. The predicted octanol–water partition coefficient (Wildman–Crippen LogP) is 2.51. The van der Waals surface area contributed by atoms with E-state index in [1.807, 2.05) is 43.0 Å². The number of hydrogen-bond acceptors (Lipinski definition) is 2. The number of anilines is 2. The van der Waals surface area contributed by atoms with Gasteiger partial charge in [0.25, 0.3) is 0 Å². The molecule has 1 aromatic rings. The van der Waals surface area contributed by atoms with Gasteiger partial charge in [0.1, 0.15) is 0 Å². The largest absolute Gasteiger partial charge is 0.360 e. The molecule has 19 heavy (non-hydrogen) atoms. The van der Waals surface area contributed by atoms with Crippen LogP contribution >= 0.6 is 12.2 Å². The highest BCUT2D eigenvalue weighted by atomic mass is 32.1. The maximum atomic E-state index is 11.7. The SMILES string of the molecule is CC(C)NC(=S)Nc1cccc(N2CCCC2=O)c1. The summed E-state index contributed by atoms with van der Waals surface area (Å²) in [5.41, 5.74) is 1.83. The molecular weight excluding hydrogens is 258 g/mol. The van der Waals surface area contributed by atoms with Gasteiger partial charge in [0.2, 0.25) is 5.91 Å². The van der Waals surface area contributed by atoms with Crippen LogP contribution in [0.15, 0.2) is 24.3 Å². The van der Waals surface area contributed by atoms with Crippen LogP contribution in [0.2, 0.25) is 0 Å². The number of carbonyl (C=O) groups is 1. The van der Waals surface area contributed by atoms with Crippen LogP contribution in [-0.2, 0) is 4.79 Å². The molecule has 5 heteroatoms. The molecule has 1 fully saturated rings. The van der Waals surface area contributed by atoms with Crippen LogP contribution in [0.1, 0.15) is 26.7 Å². The van der Waals surface area contributed by atoms with E-state index in [0.717, 1.165) is 24.3 Å². The fourth-order valence-corrected chi connectivity index (χ4v) is 2.46. The number of rotatable bonds is 3. The normalized spacial score (nSPS) is 14.9. The van der Waals surface area contributed by atoms with Crippen molar-refractivity contribution >= 4 is 34.6 Å². The molecule has 2 rings (SSSR count). The Kier molecular flexibility index (Phi) is 4.37. The minimum absolute atomic E-state index is 0.194. The van der Waals surface area contributed by atoms with Crippen LogP contribution < -0.4 is 15.5 Å². The van der Waals surface area contributed by atoms with Gasteiger partial charge in [-0.2, -0.15) is 0 Å². The second-order valence-electron chi connectivity index (χ2n) is 4.95. The second kappa shape index (κ2) is 6.02. The summed E-state index contributed by atoms with van der Waals surface area (Å²) in [6.45, 7) is 4.87. The Labute approximate surface area is 119 Å². The van der Waals surface area contributed by atoms with E-state index in [1.54, 1.807) is 0 Å². The first-order chi connectivity index (χ1) is 9.06. The first-order valence-electron chi connectivity index (χ1n) is 6.54. The minimum atomic E-state index is 0.194. The molecule has 4 nitrogen and oxygen atoms in total. The molecule has 1 saturated heterocycles. The van der Waals surface area contributed by atoms with Gasteiger partial charge in [0, 0.05) is 30.4 Å². The fraction of sp³-hybridized carbons (Fsp3) is 0.429. The molecular formula is C14H19N3OS. The van der Waals surface area contributed by atoms with Crippen LogP contribution in [0, 0.1) is 0 Å². The third kappa shape index (κ3) is 3.67. The van der Waals surface area contributed by atoms with Gasteiger partial charge in [-0.15, -0.1) is 0 Å². The fourth-order valence-electron chi connectivity index (χ4n) is 2.10. The van der Waals surface area contributed by atoms with Gasteiger partial charge in [0.05, 0.1) is 0 Å². The van der Waals surface area contributed by atoms with E-state index in [9.17, 15) is 4.79 Å². The molecule has 0 aromatic heterocycles. The van der Waals surface area contributed by atoms with Crippen LogP contribution in [0.5, 0.6) is 0 Å². The lowest BCUT2D eigenvalue weighted by atomic mass is 10.2. The van der Waals surface area contributed by atoms with Crippen LogP contribution in [-0.4, -0.2) is 23.6 Å². The van der Waals surface area contributed by atoms with Gasteiger partial charge >= 0.3 is 0 Å². The molecule has 0 saturated carbocycles. The van der Waals surface area contributed by atoms with E-state index in [-0.39, 0.29) is 5.91 Å². The van der Waals surface area contributed by atoms with Gasteiger partial charge in [-0.25, -0.2) is 0 Å². The van der Waals surface area contributed by atoms with E-state index in [0.29, 0.717) is 17.6 Å². The third-order valence-corrected chi connectivity index (χ3v) is 3.13. The van der Waals surface area contributed by atoms with Crippen molar-refractivity contribution in [3.05, 3.63) is 24.3 Å². The van der Waals surface area contributed by atoms with Crippen LogP contribution in [0.25, 0.3) is 0 Å². The third-order valence-electron chi connectivity index (χ3n) is 2.91. The molecule has 0 aliphatic carbocycles. The minimum Gasteiger partial charge on any atom is -0.360 e. The van der Waals surface area contributed by atoms with Crippen molar-refractivity contribution in [1.29, 1.82) is 0 Å². The van der Waals surface area contributed by atoms with E-state index >= 15 is 0 Å². The quantitative estimate of drug-likeness (QED) is 0.833. The van der Waals surface area contributed by atoms with Crippen molar-refractivity contribution in [2.45, 2.75) is 32.7 Å². The average Bonchev–Trinajstić information content (AvgIpc) is 2.74. The number of nitrogens with zero attached hydrogens (tertiary/aromatic N) is 1. The number of benzene rings is 1.